The van der Waals surface area contributed by atoms with Crippen LogP contribution in [0.2, 0.25) is 0 Å². The van der Waals surface area contributed by atoms with E-state index < -0.39 is 15.5 Å². The SMILES string of the molecule is CC(C)=O.[Cl][Zr]([Cl])([Cl])[Cl]. The van der Waals surface area contributed by atoms with Gasteiger partial charge in [-0.3, -0.25) is 0 Å². The van der Waals surface area contributed by atoms with Crippen molar-refractivity contribution in [1.29, 1.82) is 0 Å². The number of hydrogen-bond donors (Lipinski definition) is 0. The van der Waals surface area contributed by atoms with E-state index in [1.165, 1.54) is 13.8 Å². The molecule has 1 nitrogen and oxygen atoms in total. The van der Waals surface area contributed by atoms with E-state index >= 15 is 0 Å². The first-order valence-electron chi connectivity index (χ1n) is 1.96. The van der Waals surface area contributed by atoms with Crippen molar-refractivity contribution in [3.63, 3.8) is 0 Å². The summed E-state index contributed by atoms with van der Waals surface area (Å²) < 4.78 is 0. The van der Waals surface area contributed by atoms with Gasteiger partial charge in [0.05, 0.1) is 0 Å². The van der Waals surface area contributed by atoms with E-state index in [9.17, 15) is 4.79 Å². The fourth-order valence-electron chi connectivity index (χ4n) is 0. The Morgan fingerprint density at radius 3 is 1.11 bits per heavy atom. The first-order valence-corrected chi connectivity index (χ1v) is 14.6. The van der Waals surface area contributed by atoms with Crippen LogP contribution < -0.4 is 0 Å². The van der Waals surface area contributed by atoms with E-state index in [0.717, 1.165) is 0 Å². The second kappa shape index (κ2) is 6.43. The Morgan fingerprint density at radius 1 is 1.11 bits per heavy atom. The second-order valence-corrected chi connectivity index (χ2v) is 23.7. The van der Waals surface area contributed by atoms with Crippen molar-refractivity contribution in [3.8, 4) is 0 Å². The van der Waals surface area contributed by atoms with E-state index in [-0.39, 0.29) is 5.78 Å². The standard InChI is InChI=1S/C3H6O.4ClH.Zr/c1-3(2)4;;;;;/h1-2H3;4*1H;/q;;;;;+4/p-4. The Morgan fingerprint density at radius 2 is 1.11 bits per heavy atom. The van der Waals surface area contributed by atoms with Gasteiger partial charge in [-0.05, 0) is 13.8 Å². The fraction of sp³-hybridized carbons (Fsp3) is 0.667. The molecule has 56 valence electrons. The van der Waals surface area contributed by atoms with Crippen molar-refractivity contribution in [1.82, 2.24) is 0 Å². The quantitative estimate of drug-likeness (QED) is 0.669. The van der Waals surface area contributed by atoms with Gasteiger partial charge in [-0.1, -0.05) is 0 Å². The summed E-state index contributed by atoms with van der Waals surface area (Å²) in [6.45, 7) is 3.06. The van der Waals surface area contributed by atoms with E-state index in [1.807, 2.05) is 0 Å². The van der Waals surface area contributed by atoms with Gasteiger partial charge < -0.3 is 4.79 Å². The van der Waals surface area contributed by atoms with Crippen molar-refractivity contribution in [2.75, 3.05) is 0 Å². The van der Waals surface area contributed by atoms with Gasteiger partial charge in [-0.15, -0.1) is 0 Å². The summed E-state index contributed by atoms with van der Waals surface area (Å²) in [4.78, 5) is 9.44. The van der Waals surface area contributed by atoms with Crippen LogP contribution >= 0.6 is 34.1 Å². The van der Waals surface area contributed by atoms with Crippen molar-refractivity contribution >= 4 is 39.8 Å². The third kappa shape index (κ3) is 197. The molecule has 0 saturated heterocycles. The van der Waals surface area contributed by atoms with Gasteiger partial charge in [0.25, 0.3) is 0 Å². The zero-order valence-electron chi connectivity index (χ0n) is 4.92. The predicted molar refractivity (Wildman–Crippen MR) is 39.8 cm³/mol. The van der Waals surface area contributed by atoms with Gasteiger partial charge in [-0.25, -0.2) is 0 Å². The van der Waals surface area contributed by atoms with Gasteiger partial charge in [0.2, 0.25) is 0 Å². The molecule has 0 aliphatic carbocycles. The average Bonchev–Trinajstić information content (AvgIpc) is 1.19. The molecule has 0 spiro atoms. The minimum atomic E-state index is -3.29. The van der Waals surface area contributed by atoms with Gasteiger partial charge in [0.15, 0.2) is 0 Å². The number of halogens is 4. The molecule has 0 rings (SSSR count). The van der Waals surface area contributed by atoms with Crippen LogP contribution in [0.4, 0.5) is 0 Å². The van der Waals surface area contributed by atoms with Gasteiger partial charge in [0, 0.05) is 0 Å². The molecular weight excluding hydrogens is 285 g/mol. The number of carbonyl (C=O) groups is 1. The van der Waals surface area contributed by atoms with Gasteiger partial charge >= 0.3 is 49.5 Å². The minimum absolute atomic E-state index is 0.167. The molecule has 0 unspecified atom stereocenters. The predicted octanol–water partition coefficient (Wildman–Crippen LogP) is 3.35. The van der Waals surface area contributed by atoms with Crippen LogP contribution in [-0.4, -0.2) is 5.78 Å². The number of hydrogen-bond acceptors (Lipinski definition) is 1. The van der Waals surface area contributed by atoms with Crippen molar-refractivity contribution in [2.24, 2.45) is 0 Å². The molecule has 0 atom stereocenters. The van der Waals surface area contributed by atoms with Crippen molar-refractivity contribution in [3.05, 3.63) is 0 Å². The molecule has 0 aromatic rings. The van der Waals surface area contributed by atoms with Crippen LogP contribution in [0.15, 0.2) is 0 Å². The maximum atomic E-state index is 9.44. The summed E-state index contributed by atoms with van der Waals surface area (Å²) in [5.41, 5.74) is 0. The monoisotopic (exact) mass is 288 g/mol. The van der Waals surface area contributed by atoms with Gasteiger partial charge in [0.1, 0.15) is 5.78 Å². The zero-order valence-corrected chi connectivity index (χ0v) is 10.4. The molecule has 0 aliphatic rings. The molecular formula is C3H6Cl4OZr. The molecule has 0 heterocycles. The number of carbonyl (C=O) groups excluding carboxylic acids is 1. The molecule has 0 amide bonds. The van der Waals surface area contributed by atoms with Crippen LogP contribution in [0.25, 0.3) is 0 Å². The molecule has 0 saturated carbocycles. The van der Waals surface area contributed by atoms with Crippen molar-refractivity contribution in [2.45, 2.75) is 13.8 Å². The number of rotatable bonds is 0. The molecule has 0 aliphatic heterocycles. The van der Waals surface area contributed by atoms with E-state index in [2.05, 4.69) is 0 Å². The third-order valence-corrected chi connectivity index (χ3v) is 0. The summed E-state index contributed by atoms with van der Waals surface area (Å²) in [5, 5.41) is 0. The first kappa shape index (κ1) is 13.3. The Bertz CT molecular complexity index is 78.3. The number of Topliss-reactive ketones (excluding diaryl/α,β-unsaturated/α-hetero) is 1. The van der Waals surface area contributed by atoms with Crippen molar-refractivity contribution < 1.29 is 20.3 Å². The van der Waals surface area contributed by atoms with E-state index in [0.29, 0.717) is 0 Å². The molecule has 0 N–H and O–H groups in total. The summed E-state index contributed by atoms with van der Waals surface area (Å²) >= 11 is -3.29. The first-order chi connectivity index (χ1) is 3.73. The summed E-state index contributed by atoms with van der Waals surface area (Å²) in [5.74, 6) is 0.167. The summed E-state index contributed by atoms with van der Waals surface area (Å²) in [6.07, 6.45) is 0. The van der Waals surface area contributed by atoms with Crippen LogP contribution in [-0.2, 0) is 20.3 Å². The third-order valence-electron chi connectivity index (χ3n) is 0. The Hall–Kier alpha value is 1.71. The molecule has 9 heavy (non-hydrogen) atoms. The normalized spacial score (nSPS) is 9.56. The summed E-state index contributed by atoms with van der Waals surface area (Å²) in [7, 11) is 20.1. The Balaban J connectivity index is 0. The van der Waals surface area contributed by atoms with E-state index in [4.69, 9.17) is 34.1 Å². The molecule has 0 aromatic heterocycles. The summed E-state index contributed by atoms with van der Waals surface area (Å²) in [6, 6.07) is 0. The molecule has 6 heteroatoms. The molecule has 0 fully saturated rings. The van der Waals surface area contributed by atoms with E-state index in [1.54, 1.807) is 0 Å². The second-order valence-electron chi connectivity index (χ2n) is 1.34. The van der Waals surface area contributed by atoms with Gasteiger partial charge in [-0.2, -0.15) is 0 Å². The van der Waals surface area contributed by atoms with Crippen LogP contribution in [0, 0.1) is 0 Å². The molecule has 0 bridgehead atoms. The average molecular weight is 291 g/mol. The molecule has 0 aromatic carbocycles. The maximum absolute atomic E-state index is 9.44. The fourth-order valence-corrected chi connectivity index (χ4v) is 0. The number of ketones is 1. The van der Waals surface area contributed by atoms with Crippen LogP contribution in [0.3, 0.4) is 0 Å². The Labute approximate surface area is 73.2 Å². The topological polar surface area (TPSA) is 17.1 Å². The van der Waals surface area contributed by atoms with Crippen LogP contribution in [0.5, 0.6) is 0 Å². The van der Waals surface area contributed by atoms with Crippen LogP contribution in [0.1, 0.15) is 13.8 Å². The Kier molecular flexibility index (Phi) is 9.50. The zero-order chi connectivity index (χ0) is 8.08. The molecule has 0 radical (unpaired) electrons.